The number of nitro benzene ring substituents is 1. The molecule has 1 saturated carbocycles. The molecule has 1 atom stereocenters. The van der Waals surface area contributed by atoms with Gasteiger partial charge in [0.05, 0.1) is 10.5 Å². The number of hydrogen-bond donors (Lipinski definition) is 1. The van der Waals surface area contributed by atoms with Crippen LogP contribution in [0.5, 0.6) is 0 Å². The molecule has 3 rings (SSSR count). The molecular formula is C16H20N2O2. The second kappa shape index (κ2) is 5.37. The molecule has 4 heteroatoms. The number of benzene rings is 1. The van der Waals surface area contributed by atoms with E-state index >= 15 is 0 Å². The number of hydrogen-bond acceptors (Lipinski definition) is 3. The van der Waals surface area contributed by atoms with E-state index in [9.17, 15) is 10.1 Å². The molecule has 1 N–H and O–H groups in total. The van der Waals surface area contributed by atoms with Crippen LogP contribution in [0.25, 0.3) is 5.57 Å². The molecular weight excluding hydrogens is 252 g/mol. The summed E-state index contributed by atoms with van der Waals surface area (Å²) in [6.07, 6.45) is 5.64. The molecule has 1 saturated heterocycles. The first-order chi connectivity index (χ1) is 9.68. The van der Waals surface area contributed by atoms with E-state index in [4.69, 9.17) is 0 Å². The molecule has 0 bridgehead atoms. The predicted molar refractivity (Wildman–Crippen MR) is 79.7 cm³/mol. The number of nitro groups is 1. The van der Waals surface area contributed by atoms with Gasteiger partial charge in [-0.25, -0.2) is 0 Å². The molecule has 1 aromatic rings. The Morgan fingerprint density at radius 1 is 1.30 bits per heavy atom. The summed E-state index contributed by atoms with van der Waals surface area (Å²) in [5.41, 5.74) is 3.03. The Morgan fingerprint density at radius 2 is 2.10 bits per heavy atom. The van der Waals surface area contributed by atoms with Crippen molar-refractivity contribution in [2.45, 2.75) is 44.1 Å². The van der Waals surface area contributed by atoms with Crippen LogP contribution in [0.2, 0.25) is 0 Å². The minimum absolute atomic E-state index is 0.183. The van der Waals surface area contributed by atoms with Gasteiger partial charge in [0.2, 0.25) is 0 Å². The molecule has 4 nitrogen and oxygen atoms in total. The summed E-state index contributed by atoms with van der Waals surface area (Å²) in [4.78, 5) is 11.1. The minimum atomic E-state index is -0.269. The van der Waals surface area contributed by atoms with Crippen LogP contribution in [-0.4, -0.2) is 17.5 Å². The van der Waals surface area contributed by atoms with Gasteiger partial charge in [0.1, 0.15) is 0 Å². The first-order valence-corrected chi connectivity index (χ1v) is 7.38. The van der Waals surface area contributed by atoms with Gasteiger partial charge in [0.15, 0.2) is 0 Å². The standard InChI is InChI=1S/C16H20N2O2/c1-11(14-6-2-3-10-17-14)16-13(12-8-9-12)5-4-7-15(16)18(19)20/h4-5,7,12,14,17H,1-3,6,8-10H2. The molecule has 0 spiro atoms. The van der Waals surface area contributed by atoms with Crippen LogP contribution in [0.4, 0.5) is 5.69 Å². The maximum Gasteiger partial charge on any atom is 0.277 e. The third-order valence-corrected chi connectivity index (χ3v) is 4.34. The van der Waals surface area contributed by atoms with Gasteiger partial charge in [-0.3, -0.25) is 10.1 Å². The van der Waals surface area contributed by atoms with Gasteiger partial charge in [0, 0.05) is 12.1 Å². The van der Waals surface area contributed by atoms with E-state index in [0.717, 1.165) is 48.9 Å². The van der Waals surface area contributed by atoms with Crippen LogP contribution in [0.15, 0.2) is 24.8 Å². The van der Waals surface area contributed by atoms with Crippen LogP contribution < -0.4 is 5.32 Å². The van der Waals surface area contributed by atoms with E-state index in [2.05, 4.69) is 11.9 Å². The number of rotatable bonds is 4. The third kappa shape index (κ3) is 2.48. The molecule has 20 heavy (non-hydrogen) atoms. The van der Waals surface area contributed by atoms with Crippen molar-refractivity contribution in [1.29, 1.82) is 0 Å². The van der Waals surface area contributed by atoms with Crippen LogP contribution in [-0.2, 0) is 0 Å². The molecule has 1 heterocycles. The molecule has 1 aromatic carbocycles. The van der Waals surface area contributed by atoms with Gasteiger partial charge in [-0.2, -0.15) is 0 Å². The molecule has 0 amide bonds. The lowest BCUT2D eigenvalue weighted by Crippen LogP contribution is -2.35. The summed E-state index contributed by atoms with van der Waals surface area (Å²) in [6.45, 7) is 5.17. The van der Waals surface area contributed by atoms with Crippen LogP contribution >= 0.6 is 0 Å². The molecule has 1 aliphatic carbocycles. The van der Waals surface area contributed by atoms with Crippen molar-refractivity contribution < 1.29 is 4.92 Å². The number of nitrogens with zero attached hydrogens (tertiary/aromatic N) is 1. The number of nitrogens with one attached hydrogen (secondary N) is 1. The van der Waals surface area contributed by atoms with Crippen molar-refractivity contribution in [1.82, 2.24) is 5.32 Å². The average molecular weight is 272 g/mol. The lowest BCUT2D eigenvalue weighted by Gasteiger charge is -2.26. The Labute approximate surface area is 119 Å². The fourth-order valence-corrected chi connectivity index (χ4v) is 3.12. The summed E-state index contributed by atoms with van der Waals surface area (Å²) in [5, 5.41) is 14.8. The van der Waals surface area contributed by atoms with Gasteiger partial charge in [-0.05, 0) is 49.3 Å². The summed E-state index contributed by atoms with van der Waals surface area (Å²) in [7, 11) is 0. The summed E-state index contributed by atoms with van der Waals surface area (Å²) >= 11 is 0. The zero-order chi connectivity index (χ0) is 14.1. The molecule has 0 radical (unpaired) electrons. The van der Waals surface area contributed by atoms with E-state index in [1.165, 1.54) is 6.42 Å². The van der Waals surface area contributed by atoms with Gasteiger partial charge in [-0.15, -0.1) is 0 Å². The summed E-state index contributed by atoms with van der Waals surface area (Å²) in [5.74, 6) is 0.491. The smallest absolute Gasteiger partial charge is 0.277 e. The van der Waals surface area contributed by atoms with Crippen molar-refractivity contribution in [2.24, 2.45) is 0 Å². The Morgan fingerprint density at radius 3 is 2.70 bits per heavy atom. The SMILES string of the molecule is C=C(c1c(C2CC2)cccc1[N+](=O)[O-])C1CCCCN1. The largest absolute Gasteiger partial charge is 0.310 e. The molecule has 2 fully saturated rings. The zero-order valence-electron chi connectivity index (χ0n) is 11.6. The zero-order valence-corrected chi connectivity index (χ0v) is 11.6. The van der Waals surface area contributed by atoms with Crippen LogP contribution in [0.3, 0.4) is 0 Å². The lowest BCUT2D eigenvalue weighted by atomic mass is 9.88. The van der Waals surface area contributed by atoms with Gasteiger partial charge < -0.3 is 5.32 Å². The molecule has 0 aromatic heterocycles. The number of piperidine rings is 1. The van der Waals surface area contributed by atoms with Crippen molar-refractivity contribution in [3.05, 3.63) is 46.0 Å². The first-order valence-electron chi connectivity index (χ1n) is 7.38. The maximum absolute atomic E-state index is 11.3. The van der Waals surface area contributed by atoms with E-state index in [1.54, 1.807) is 12.1 Å². The van der Waals surface area contributed by atoms with Crippen molar-refractivity contribution in [3.8, 4) is 0 Å². The Bertz CT molecular complexity index is 543. The average Bonchev–Trinajstić information content (AvgIpc) is 3.31. The van der Waals surface area contributed by atoms with Gasteiger partial charge in [0.25, 0.3) is 5.69 Å². The fourth-order valence-electron chi connectivity index (χ4n) is 3.12. The third-order valence-electron chi connectivity index (χ3n) is 4.34. The molecule has 2 aliphatic rings. The first kappa shape index (κ1) is 13.3. The van der Waals surface area contributed by atoms with Crippen LogP contribution in [0, 0.1) is 10.1 Å². The highest BCUT2D eigenvalue weighted by atomic mass is 16.6. The van der Waals surface area contributed by atoms with Crippen LogP contribution in [0.1, 0.15) is 49.1 Å². The second-order valence-corrected chi connectivity index (χ2v) is 5.80. The Hall–Kier alpha value is -1.68. The predicted octanol–water partition coefficient (Wildman–Crippen LogP) is 3.63. The van der Waals surface area contributed by atoms with Crippen molar-refractivity contribution in [3.63, 3.8) is 0 Å². The fraction of sp³-hybridized carbons (Fsp3) is 0.500. The molecule has 1 unspecified atom stereocenters. The highest BCUT2D eigenvalue weighted by Crippen LogP contribution is 2.46. The lowest BCUT2D eigenvalue weighted by molar-refractivity contribution is -0.385. The maximum atomic E-state index is 11.3. The van der Waals surface area contributed by atoms with E-state index in [1.807, 2.05) is 6.07 Å². The molecule has 106 valence electrons. The van der Waals surface area contributed by atoms with E-state index in [0.29, 0.717) is 5.92 Å². The highest BCUT2D eigenvalue weighted by molar-refractivity contribution is 5.77. The summed E-state index contributed by atoms with van der Waals surface area (Å²) < 4.78 is 0. The Kier molecular flexibility index (Phi) is 3.57. The minimum Gasteiger partial charge on any atom is -0.310 e. The quantitative estimate of drug-likeness (QED) is 0.672. The van der Waals surface area contributed by atoms with Gasteiger partial charge in [-0.1, -0.05) is 25.1 Å². The van der Waals surface area contributed by atoms with E-state index in [-0.39, 0.29) is 16.7 Å². The van der Waals surface area contributed by atoms with Crippen molar-refractivity contribution >= 4 is 11.3 Å². The topological polar surface area (TPSA) is 55.2 Å². The van der Waals surface area contributed by atoms with E-state index < -0.39 is 0 Å². The van der Waals surface area contributed by atoms with Gasteiger partial charge >= 0.3 is 0 Å². The Balaban J connectivity index is 2.00. The highest BCUT2D eigenvalue weighted by Gasteiger charge is 2.32. The normalized spacial score (nSPS) is 22.5. The monoisotopic (exact) mass is 272 g/mol. The molecule has 1 aliphatic heterocycles. The second-order valence-electron chi connectivity index (χ2n) is 5.80. The summed E-state index contributed by atoms with van der Waals surface area (Å²) in [6, 6.07) is 5.63. The van der Waals surface area contributed by atoms with Crippen molar-refractivity contribution in [2.75, 3.05) is 6.54 Å².